The molecule has 0 unspecified atom stereocenters. The number of carbonyl (C=O) groups excluding carboxylic acids is 1. The van der Waals surface area contributed by atoms with Gasteiger partial charge in [-0.3, -0.25) is 9.78 Å². The Morgan fingerprint density at radius 1 is 1.07 bits per heavy atom. The first-order valence-corrected chi connectivity index (χ1v) is 8.01. The van der Waals surface area contributed by atoms with Crippen LogP contribution in [0.4, 0.5) is 17.6 Å². The minimum atomic E-state index is -4.83. The quantitative estimate of drug-likeness (QED) is 0.539. The minimum Gasteiger partial charge on any atom is -0.421 e. The maximum Gasteiger partial charge on any atom is 0.507 e. The van der Waals surface area contributed by atoms with E-state index in [0.717, 1.165) is 17.7 Å². The van der Waals surface area contributed by atoms with E-state index < -0.39 is 23.7 Å². The first-order valence-electron chi connectivity index (χ1n) is 8.01. The summed E-state index contributed by atoms with van der Waals surface area (Å²) in [5.74, 6) is -1.55. The summed E-state index contributed by atoms with van der Waals surface area (Å²) >= 11 is 0. The maximum atomic E-state index is 13.3. The fourth-order valence-corrected chi connectivity index (χ4v) is 2.62. The number of halogens is 4. The number of hydrogen-bond acceptors (Lipinski definition) is 4. The summed E-state index contributed by atoms with van der Waals surface area (Å²) in [5.41, 5.74) is 2.31. The second kappa shape index (κ2) is 6.68. The molecule has 0 radical (unpaired) electrons. The number of carbonyl (C=O) groups is 1. The molecule has 27 heavy (non-hydrogen) atoms. The predicted octanol–water partition coefficient (Wildman–Crippen LogP) is 5.02. The molecular weight excluding hydrogens is 366 g/mol. The summed E-state index contributed by atoms with van der Waals surface area (Å²) in [4.78, 5) is 16.6. The third-order valence-corrected chi connectivity index (χ3v) is 4.08. The van der Waals surface area contributed by atoms with Crippen LogP contribution in [-0.2, 0) is 0 Å². The van der Waals surface area contributed by atoms with Crippen LogP contribution < -0.4 is 9.47 Å². The summed E-state index contributed by atoms with van der Waals surface area (Å²) < 4.78 is 60.9. The van der Waals surface area contributed by atoms with Gasteiger partial charge in [0, 0.05) is 18.2 Å². The van der Waals surface area contributed by atoms with Crippen LogP contribution in [0.5, 0.6) is 11.5 Å². The standard InChI is InChI=1S/C19H15F4NO3/c1-11-4-3-9-24-17(11)12(2)5-7-14(25)13-6-8-15-16(10-13)27-19(22,23)18(20,21)26-15/h3-4,6,8-10H,2,5,7H2,1H3. The average Bonchev–Trinajstić information content (AvgIpc) is 2.60. The van der Waals surface area contributed by atoms with Crippen LogP contribution in [0.25, 0.3) is 5.57 Å². The van der Waals surface area contributed by atoms with E-state index in [1.807, 2.05) is 13.0 Å². The molecule has 0 fully saturated rings. The third-order valence-electron chi connectivity index (χ3n) is 4.08. The highest BCUT2D eigenvalue weighted by Gasteiger charge is 2.65. The highest BCUT2D eigenvalue weighted by molar-refractivity contribution is 5.97. The Bertz CT molecular complexity index is 912. The smallest absolute Gasteiger partial charge is 0.421 e. The molecule has 1 aliphatic rings. The van der Waals surface area contributed by atoms with Crippen LogP contribution in [0, 0.1) is 6.92 Å². The number of fused-ring (bicyclic) bond motifs is 1. The number of aryl methyl sites for hydroxylation is 1. The zero-order valence-corrected chi connectivity index (χ0v) is 14.3. The van der Waals surface area contributed by atoms with Gasteiger partial charge in [0.2, 0.25) is 0 Å². The molecule has 2 heterocycles. The number of rotatable bonds is 5. The van der Waals surface area contributed by atoms with E-state index >= 15 is 0 Å². The molecule has 1 aromatic carbocycles. The van der Waals surface area contributed by atoms with Crippen molar-refractivity contribution in [1.29, 1.82) is 0 Å². The molecule has 8 heteroatoms. The van der Waals surface area contributed by atoms with Crippen molar-refractivity contribution in [2.45, 2.75) is 32.0 Å². The van der Waals surface area contributed by atoms with Gasteiger partial charge < -0.3 is 9.47 Å². The van der Waals surface area contributed by atoms with Crippen molar-refractivity contribution < 1.29 is 31.8 Å². The van der Waals surface area contributed by atoms with E-state index in [0.29, 0.717) is 17.7 Å². The summed E-state index contributed by atoms with van der Waals surface area (Å²) in [6.45, 7) is 5.78. The van der Waals surface area contributed by atoms with Gasteiger partial charge >= 0.3 is 12.2 Å². The number of benzene rings is 1. The topological polar surface area (TPSA) is 48.4 Å². The van der Waals surface area contributed by atoms with Crippen LogP contribution in [0.3, 0.4) is 0 Å². The average molecular weight is 381 g/mol. The number of nitrogens with zero attached hydrogens (tertiary/aromatic N) is 1. The zero-order chi connectivity index (χ0) is 19.8. The van der Waals surface area contributed by atoms with E-state index in [2.05, 4.69) is 21.0 Å². The van der Waals surface area contributed by atoms with Crippen molar-refractivity contribution in [3.63, 3.8) is 0 Å². The van der Waals surface area contributed by atoms with Gasteiger partial charge in [0.15, 0.2) is 17.3 Å². The zero-order valence-electron chi connectivity index (χ0n) is 14.3. The second-order valence-corrected chi connectivity index (χ2v) is 6.09. The van der Waals surface area contributed by atoms with E-state index in [1.54, 1.807) is 12.3 Å². The van der Waals surface area contributed by atoms with Crippen LogP contribution in [0.2, 0.25) is 0 Å². The molecule has 4 nitrogen and oxygen atoms in total. The van der Waals surface area contributed by atoms with Gasteiger partial charge in [-0.1, -0.05) is 12.6 Å². The largest absolute Gasteiger partial charge is 0.507 e. The molecule has 0 N–H and O–H groups in total. The van der Waals surface area contributed by atoms with Gasteiger partial charge in [-0.2, -0.15) is 17.6 Å². The van der Waals surface area contributed by atoms with Crippen molar-refractivity contribution in [1.82, 2.24) is 4.98 Å². The highest BCUT2D eigenvalue weighted by atomic mass is 19.3. The lowest BCUT2D eigenvalue weighted by molar-refractivity contribution is -0.391. The van der Waals surface area contributed by atoms with E-state index in [4.69, 9.17) is 0 Å². The van der Waals surface area contributed by atoms with E-state index in [9.17, 15) is 22.4 Å². The summed E-state index contributed by atoms with van der Waals surface area (Å²) in [6.07, 6.45) is -7.65. The number of ketones is 1. The van der Waals surface area contributed by atoms with Crippen LogP contribution in [0.1, 0.15) is 34.5 Å². The van der Waals surface area contributed by atoms with Gasteiger partial charge in [-0.15, -0.1) is 0 Å². The fraction of sp³-hybridized carbons (Fsp3) is 0.263. The lowest BCUT2D eigenvalue weighted by atomic mass is 9.99. The van der Waals surface area contributed by atoms with Gasteiger partial charge in [0.05, 0.1) is 5.69 Å². The van der Waals surface area contributed by atoms with Crippen molar-refractivity contribution >= 4 is 11.4 Å². The minimum absolute atomic E-state index is 0.0427. The Morgan fingerprint density at radius 3 is 2.41 bits per heavy atom. The number of hydrogen-bond donors (Lipinski definition) is 0. The molecule has 1 aliphatic heterocycles. The molecule has 0 spiro atoms. The Morgan fingerprint density at radius 2 is 1.74 bits per heavy atom. The Hall–Kier alpha value is -2.90. The van der Waals surface area contributed by atoms with Gasteiger partial charge in [-0.05, 0) is 48.7 Å². The summed E-state index contributed by atoms with van der Waals surface area (Å²) in [7, 11) is 0. The molecule has 0 aliphatic carbocycles. The molecule has 0 saturated heterocycles. The highest BCUT2D eigenvalue weighted by Crippen LogP contribution is 2.47. The van der Waals surface area contributed by atoms with E-state index in [1.165, 1.54) is 6.07 Å². The van der Waals surface area contributed by atoms with E-state index in [-0.39, 0.29) is 17.8 Å². The Kier molecular flexibility index (Phi) is 4.67. The predicted molar refractivity (Wildman–Crippen MR) is 89.2 cm³/mol. The molecule has 3 rings (SSSR count). The molecule has 2 aromatic rings. The molecule has 0 atom stereocenters. The van der Waals surface area contributed by atoms with Crippen LogP contribution in [-0.4, -0.2) is 23.0 Å². The molecule has 142 valence electrons. The number of ether oxygens (including phenoxy) is 2. The first-order chi connectivity index (χ1) is 12.6. The van der Waals surface area contributed by atoms with Crippen LogP contribution >= 0.6 is 0 Å². The first kappa shape index (κ1) is 18.9. The number of alkyl halides is 4. The Balaban J connectivity index is 1.72. The normalized spacial score (nSPS) is 16.6. The molecular formula is C19H15F4NO3. The Labute approximate surface area is 152 Å². The molecule has 0 amide bonds. The number of pyridine rings is 1. The number of allylic oxidation sites excluding steroid dienone is 1. The SMILES string of the molecule is C=C(CCC(=O)c1ccc2c(c1)OC(F)(F)C(F)(F)O2)c1ncccc1C. The molecule has 0 bridgehead atoms. The molecule has 0 saturated carbocycles. The number of Topliss-reactive ketones (excluding diaryl/α,β-unsaturated/α-hetero) is 1. The summed E-state index contributed by atoms with van der Waals surface area (Å²) in [6, 6.07) is 6.84. The maximum absolute atomic E-state index is 13.3. The van der Waals surface area contributed by atoms with Crippen molar-refractivity contribution in [3.8, 4) is 11.5 Å². The monoisotopic (exact) mass is 381 g/mol. The van der Waals surface area contributed by atoms with Crippen molar-refractivity contribution in [2.24, 2.45) is 0 Å². The van der Waals surface area contributed by atoms with Crippen molar-refractivity contribution in [2.75, 3.05) is 0 Å². The van der Waals surface area contributed by atoms with Gasteiger partial charge in [-0.25, -0.2) is 0 Å². The second-order valence-electron chi connectivity index (χ2n) is 6.09. The lowest BCUT2D eigenvalue weighted by Gasteiger charge is -2.31. The van der Waals surface area contributed by atoms with Gasteiger partial charge in [0.1, 0.15) is 0 Å². The molecule has 1 aromatic heterocycles. The van der Waals surface area contributed by atoms with Gasteiger partial charge in [0.25, 0.3) is 0 Å². The fourth-order valence-electron chi connectivity index (χ4n) is 2.62. The number of aromatic nitrogens is 1. The van der Waals surface area contributed by atoms with Crippen LogP contribution in [0.15, 0.2) is 43.1 Å². The lowest BCUT2D eigenvalue weighted by Crippen LogP contribution is -2.52. The van der Waals surface area contributed by atoms with Crippen molar-refractivity contribution in [3.05, 3.63) is 59.9 Å². The third kappa shape index (κ3) is 3.65. The summed E-state index contributed by atoms with van der Waals surface area (Å²) in [5, 5.41) is 0.